The highest BCUT2D eigenvalue weighted by molar-refractivity contribution is 8.26. The molecule has 1 atom stereocenters. The fourth-order valence-electron chi connectivity index (χ4n) is 2.51. The van der Waals surface area contributed by atoms with Crippen LogP contribution in [-0.2, 0) is 14.3 Å². The molecule has 0 bridgehead atoms. The number of nitrogens with zero attached hydrogens (tertiary/aromatic N) is 1. The molecule has 0 radical (unpaired) electrons. The number of thioether (sulfide) groups is 1. The molecule has 3 rings (SSSR count). The normalized spacial score (nSPS) is 17.0. The molecule has 134 valence electrons. The summed E-state index contributed by atoms with van der Waals surface area (Å²) in [6.07, 6.45) is 2.52. The van der Waals surface area contributed by atoms with Crippen molar-refractivity contribution in [2.24, 2.45) is 0 Å². The second kappa shape index (κ2) is 8.62. The Morgan fingerprint density at radius 2 is 2.04 bits per heavy atom. The average Bonchev–Trinajstić information content (AvgIpc) is 3.25. The number of rotatable bonds is 6. The number of amides is 1. The van der Waals surface area contributed by atoms with E-state index < -0.39 is 12.0 Å². The second-order valence-electron chi connectivity index (χ2n) is 5.55. The van der Waals surface area contributed by atoms with E-state index in [9.17, 15) is 9.59 Å². The van der Waals surface area contributed by atoms with Crippen LogP contribution in [0, 0.1) is 0 Å². The lowest BCUT2D eigenvalue weighted by molar-refractivity contribution is -0.151. The number of thiophene rings is 1. The lowest BCUT2D eigenvalue weighted by Gasteiger charge is -2.25. The molecule has 1 aliphatic heterocycles. The van der Waals surface area contributed by atoms with Crippen molar-refractivity contribution in [2.45, 2.75) is 19.4 Å². The Morgan fingerprint density at radius 3 is 2.69 bits per heavy atom. The van der Waals surface area contributed by atoms with Crippen LogP contribution in [0.4, 0.5) is 0 Å². The fraction of sp³-hybridized carbons (Fsp3) is 0.211. The molecule has 1 aromatic heterocycles. The van der Waals surface area contributed by atoms with Gasteiger partial charge in [-0.2, -0.15) is 0 Å². The van der Waals surface area contributed by atoms with Crippen molar-refractivity contribution < 1.29 is 14.3 Å². The van der Waals surface area contributed by atoms with Crippen LogP contribution in [0.15, 0.2) is 52.7 Å². The Labute approximate surface area is 165 Å². The molecule has 26 heavy (non-hydrogen) atoms. The van der Waals surface area contributed by atoms with Crippen molar-refractivity contribution in [3.05, 3.63) is 63.2 Å². The van der Waals surface area contributed by atoms with Gasteiger partial charge in [0.05, 0.1) is 11.5 Å². The van der Waals surface area contributed by atoms with Crippen molar-refractivity contribution in [3.63, 3.8) is 0 Å². The molecule has 1 unspecified atom stereocenters. The minimum Gasteiger partial charge on any atom is -0.464 e. The van der Waals surface area contributed by atoms with Crippen molar-refractivity contribution in [2.75, 3.05) is 6.61 Å². The molecule has 1 saturated heterocycles. The highest BCUT2D eigenvalue weighted by Crippen LogP contribution is 2.39. The smallest absolute Gasteiger partial charge is 0.333 e. The van der Waals surface area contributed by atoms with E-state index in [1.807, 2.05) is 48.7 Å². The third kappa shape index (κ3) is 4.06. The lowest BCUT2D eigenvalue weighted by atomic mass is 10.1. The van der Waals surface area contributed by atoms with Crippen LogP contribution < -0.4 is 0 Å². The van der Waals surface area contributed by atoms with Gasteiger partial charge in [-0.05, 0) is 29.5 Å². The standard InChI is InChI=1S/C19H17NO3S3/c1-2-10-23-18(22)16(13-7-4-3-5-8-13)20-17(21)15(26-19(20)24)12-14-9-6-11-25-14/h3-9,11-12,16H,2,10H2,1H3/b15-12+. The molecule has 1 fully saturated rings. The van der Waals surface area contributed by atoms with E-state index in [0.717, 1.165) is 4.88 Å². The van der Waals surface area contributed by atoms with Crippen molar-refractivity contribution >= 4 is 57.6 Å². The Hall–Kier alpha value is -1.96. The summed E-state index contributed by atoms with van der Waals surface area (Å²) in [5.74, 6) is -0.734. The molecule has 7 heteroatoms. The zero-order chi connectivity index (χ0) is 18.5. The van der Waals surface area contributed by atoms with Crippen LogP contribution in [0.25, 0.3) is 6.08 Å². The highest BCUT2D eigenvalue weighted by Gasteiger charge is 2.42. The van der Waals surface area contributed by atoms with Gasteiger partial charge in [0.15, 0.2) is 6.04 Å². The van der Waals surface area contributed by atoms with E-state index in [4.69, 9.17) is 17.0 Å². The van der Waals surface area contributed by atoms with E-state index in [-0.39, 0.29) is 5.91 Å². The van der Waals surface area contributed by atoms with Gasteiger partial charge in [-0.3, -0.25) is 9.69 Å². The molecule has 1 aromatic carbocycles. The van der Waals surface area contributed by atoms with Crippen LogP contribution in [0.1, 0.15) is 29.8 Å². The highest BCUT2D eigenvalue weighted by atomic mass is 32.2. The zero-order valence-electron chi connectivity index (χ0n) is 14.1. The van der Waals surface area contributed by atoms with Crippen LogP contribution in [0.3, 0.4) is 0 Å². The van der Waals surface area contributed by atoms with Crippen molar-refractivity contribution in [1.29, 1.82) is 0 Å². The number of carbonyl (C=O) groups is 2. The maximum atomic E-state index is 13.0. The molecule has 1 amide bonds. The summed E-state index contributed by atoms with van der Waals surface area (Å²) < 4.78 is 5.70. The van der Waals surface area contributed by atoms with Gasteiger partial charge in [0, 0.05) is 4.88 Å². The third-order valence-electron chi connectivity index (χ3n) is 3.69. The molecule has 0 aliphatic carbocycles. The van der Waals surface area contributed by atoms with Crippen molar-refractivity contribution in [1.82, 2.24) is 4.90 Å². The Kier molecular flexibility index (Phi) is 6.24. The molecule has 4 nitrogen and oxygen atoms in total. The lowest BCUT2D eigenvalue weighted by Crippen LogP contribution is -2.38. The summed E-state index contributed by atoms with van der Waals surface area (Å²) >= 11 is 8.17. The van der Waals surface area contributed by atoms with E-state index >= 15 is 0 Å². The van der Waals surface area contributed by atoms with Crippen molar-refractivity contribution in [3.8, 4) is 0 Å². The molecule has 1 aliphatic rings. The number of esters is 1. The third-order valence-corrected chi connectivity index (χ3v) is 5.84. The van der Waals surface area contributed by atoms with Gasteiger partial charge >= 0.3 is 5.97 Å². The van der Waals surface area contributed by atoms with Gasteiger partial charge in [0.1, 0.15) is 4.32 Å². The van der Waals surface area contributed by atoms with Gasteiger partial charge < -0.3 is 4.74 Å². The monoisotopic (exact) mass is 403 g/mol. The number of carbonyl (C=O) groups excluding carboxylic acids is 2. The topological polar surface area (TPSA) is 46.6 Å². The maximum absolute atomic E-state index is 13.0. The number of hydrogen-bond donors (Lipinski definition) is 0. The molecular weight excluding hydrogens is 386 g/mol. The molecule has 2 aromatic rings. The molecule has 2 heterocycles. The molecule has 0 saturated carbocycles. The molecular formula is C19H17NO3S3. The van der Waals surface area contributed by atoms with E-state index in [0.29, 0.717) is 27.8 Å². The fourth-order valence-corrected chi connectivity index (χ4v) is 4.55. The van der Waals surface area contributed by atoms with Crippen LogP contribution in [0.2, 0.25) is 0 Å². The summed E-state index contributed by atoms with van der Waals surface area (Å²) in [6.45, 7) is 2.23. The minimum absolute atomic E-state index is 0.268. The van der Waals surface area contributed by atoms with E-state index in [1.165, 1.54) is 16.7 Å². The quantitative estimate of drug-likeness (QED) is 0.399. The summed E-state index contributed by atoms with van der Waals surface area (Å²) in [5, 5.41) is 1.95. The predicted octanol–water partition coefficient (Wildman–Crippen LogP) is 4.64. The molecule has 0 spiro atoms. The first kappa shape index (κ1) is 18.8. The Balaban J connectivity index is 1.94. The average molecular weight is 404 g/mol. The summed E-state index contributed by atoms with van der Waals surface area (Å²) in [4.78, 5) is 28.5. The van der Waals surface area contributed by atoms with Gasteiger partial charge in [0.2, 0.25) is 0 Å². The van der Waals surface area contributed by atoms with Gasteiger partial charge in [-0.15, -0.1) is 11.3 Å². The SMILES string of the molecule is CCCOC(=O)C(c1ccccc1)N1C(=O)/C(=C\c2cccs2)SC1=S. The Morgan fingerprint density at radius 1 is 1.27 bits per heavy atom. The van der Waals surface area contributed by atoms with Crippen LogP contribution in [-0.4, -0.2) is 27.7 Å². The first-order valence-electron chi connectivity index (χ1n) is 8.14. The predicted molar refractivity (Wildman–Crippen MR) is 110 cm³/mol. The van der Waals surface area contributed by atoms with E-state index in [1.54, 1.807) is 23.5 Å². The van der Waals surface area contributed by atoms with Crippen LogP contribution in [0.5, 0.6) is 0 Å². The first-order valence-corrected chi connectivity index (χ1v) is 10.2. The number of benzene rings is 1. The largest absolute Gasteiger partial charge is 0.464 e. The van der Waals surface area contributed by atoms with Crippen LogP contribution >= 0.6 is 35.3 Å². The maximum Gasteiger partial charge on any atom is 0.333 e. The summed E-state index contributed by atoms with van der Waals surface area (Å²) in [5.41, 5.74) is 0.683. The Bertz CT molecular complexity index is 831. The van der Waals surface area contributed by atoms with Gasteiger partial charge in [-0.25, -0.2) is 4.79 Å². The summed E-state index contributed by atoms with van der Waals surface area (Å²) in [6, 6.07) is 12.1. The minimum atomic E-state index is -0.871. The first-order chi connectivity index (χ1) is 12.6. The van der Waals surface area contributed by atoms with Gasteiger partial charge in [-0.1, -0.05) is 67.3 Å². The zero-order valence-corrected chi connectivity index (χ0v) is 16.5. The number of ether oxygens (including phenoxy) is 1. The molecule has 0 N–H and O–H groups in total. The number of thiocarbonyl (C=S) groups is 1. The van der Waals surface area contributed by atoms with Gasteiger partial charge in [0.25, 0.3) is 5.91 Å². The van der Waals surface area contributed by atoms with E-state index in [2.05, 4.69) is 0 Å². The summed E-state index contributed by atoms with van der Waals surface area (Å²) in [7, 11) is 0. The number of hydrogen-bond acceptors (Lipinski definition) is 6. The second-order valence-corrected chi connectivity index (χ2v) is 8.20.